The van der Waals surface area contributed by atoms with Gasteiger partial charge in [0.05, 0.1) is 13.0 Å². The number of rotatable bonds is 5. The van der Waals surface area contributed by atoms with E-state index in [-0.39, 0.29) is 24.9 Å². The second kappa shape index (κ2) is 6.91. The standard InChI is InChI=1S/C15H19ClN2O3/c1-10-12(16)5-2-6-13(10)17-14(19)9-18-7-3-4-11(18)8-15(20)21/h2,5-6,11H,3-4,7-9H2,1H3,(H,17,19)(H,20,21). The van der Waals surface area contributed by atoms with Gasteiger partial charge in [-0.25, -0.2) is 0 Å². The molecule has 1 aromatic carbocycles. The molecule has 114 valence electrons. The van der Waals surface area contributed by atoms with Gasteiger partial charge in [-0.1, -0.05) is 17.7 Å². The number of hydrogen-bond acceptors (Lipinski definition) is 3. The van der Waals surface area contributed by atoms with E-state index in [4.69, 9.17) is 16.7 Å². The van der Waals surface area contributed by atoms with Crippen molar-refractivity contribution in [3.8, 4) is 0 Å². The maximum Gasteiger partial charge on any atom is 0.304 e. The Morgan fingerprint density at radius 3 is 2.95 bits per heavy atom. The number of aliphatic carboxylic acids is 1. The highest BCUT2D eigenvalue weighted by Gasteiger charge is 2.28. The second-order valence-corrected chi connectivity index (χ2v) is 5.73. The SMILES string of the molecule is Cc1c(Cl)cccc1NC(=O)CN1CCCC1CC(=O)O. The van der Waals surface area contributed by atoms with Crippen LogP contribution >= 0.6 is 11.6 Å². The summed E-state index contributed by atoms with van der Waals surface area (Å²) in [5, 5.41) is 12.3. The highest BCUT2D eigenvalue weighted by atomic mass is 35.5. The smallest absolute Gasteiger partial charge is 0.304 e. The molecule has 5 nitrogen and oxygen atoms in total. The third kappa shape index (κ3) is 4.19. The normalized spacial score (nSPS) is 18.7. The molecule has 1 fully saturated rings. The molecule has 1 aliphatic heterocycles. The van der Waals surface area contributed by atoms with Crippen molar-refractivity contribution in [3.05, 3.63) is 28.8 Å². The third-order valence-corrected chi connectivity index (χ3v) is 4.21. The van der Waals surface area contributed by atoms with Crippen LogP contribution in [0.3, 0.4) is 0 Å². The van der Waals surface area contributed by atoms with Crippen LogP contribution in [0.2, 0.25) is 5.02 Å². The summed E-state index contributed by atoms with van der Waals surface area (Å²) in [6, 6.07) is 5.32. The first kappa shape index (κ1) is 15.8. The number of carboxylic acids is 1. The number of hydrogen-bond donors (Lipinski definition) is 2. The van der Waals surface area contributed by atoms with E-state index in [9.17, 15) is 9.59 Å². The van der Waals surface area contributed by atoms with Crippen molar-refractivity contribution >= 4 is 29.2 Å². The van der Waals surface area contributed by atoms with Gasteiger partial charge in [-0.3, -0.25) is 14.5 Å². The summed E-state index contributed by atoms with van der Waals surface area (Å²) in [5.41, 5.74) is 1.53. The highest BCUT2D eigenvalue weighted by Crippen LogP contribution is 2.24. The lowest BCUT2D eigenvalue weighted by atomic mass is 10.1. The molecule has 2 N–H and O–H groups in total. The van der Waals surface area contributed by atoms with Crippen LogP contribution in [0.4, 0.5) is 5.69 Å². The van der Waals surface area contributed by atoms with E-state index in [1.165, 1.54) is 0 Å². The summed E-state index contributed by atoms with van der Waals surface area (Å²) < 4.78 is 0. The van der Waals surface area contributed by atoms with Gasteiger partial charge in [0.1, 0.15) is 0 Å². The summed E-state index contributed by atoms with van der Waals surface area (Å²) in [6.45, 7) is 2.82. The third-order valence-electron chi connectivity index (χ3n) is 3.80. The van der Waals surface area contributed by atoms with Crippen LogP contribution in [0.5, 0.6) is 0 Å². The molecular formula is C15H19ClN2O3. The molecule has 1 aliphatic rings. The maximum absolute atomic E-state index is 12.1. The number of carboxylic acid groups (broad SMARTS) is 1. The summed E-state index contributed by atoms with van der Waals surface area (Å²) in [7, 11) is 0. The van der Waals surface area contributed by atoms with Crippen molar-refractivity contribution in [2.45, 2.75) is 32.2 Å². The van der Waals surface area contributed by atoms with Crippen LogP contribution in [0.1, 0.15) is 24.8 Å². The first-order valence-corrected chi connectivity index (χ1v) is 7.36. The number of carbonyl (C=O) groups excluding carboxylic acids is 1. The fourth-order valence-corrected chi connectivity index (χ4v) is 2.83. The lowest BCUT2D eigenvalue weighted by Crippen LogP contribution is -2.37. The van der Waals surface area contributed by atoms with Gasteiger partial charge in [0.25, 0.3) is 0 Å². The molecule has 0 spiro atoms. The largest absolute Gasteiger partial charge is 0.481 e. The van der Waals surface area contributed by atoms with Gasteiger partial charge in [0.15, 0.2) is 0 Å². The second-order valence-electron chi connectivity index (χ2n) is 5.32. The van der Waals surface area contributed by atoms with Gasteiger partial charge in [0, 0.05) is 16.8 Å². The average Bonchev–Trinajstić information content (AvgIpc) is 2.81. The van der Waals surface area contributed by atoms with Gasteiger partial charge < -0.3 is 10.4 Å². The topological polar surface area (TPSA) is 69.6 Å². The molecular weight excluding hydrogens is 292 g/mol. The number of carbonyl (C=O) groups is 2. The molecule has 0 aromatic heterocycles. The van der Waals surface area contributed by atoms with E-state index in [1.807, 2.05) is 11.8 Å². The molecule has 1 amide bonds. The number of nitrogens with zero attached hydrogens (tertiary/aromatic N) is 1. The molecule has 1 atom stereocenters. The molecule has 1 heterocycles. The van der Waals surface area contributed by atoms with E-state index in [0.717, 1.165) is 24.9 Å². The summed E-state index contributed by atoms with van der Waals surface area (Å²) in [6.07, 6.45) is 1.85. The predicted octanol–water partition coefficient (Wildman–Crippen LogP) is 2.53. The van der Waals surface area contributed by atoms with Crippen LogP contribution in [0.15, 0.2) is 18.2 Å². The van der Waals surface area contributed by atoms with E-state index in [0.29, 0.717) is 10.7 Å². The molecule has 21 heavy (non-hydrogen) atoms. The molecule has 1 unspecified atom stereocenters. The zero-order valence-electron chi connectivity index (χ0n) is 11.9. The van der Waals surface area contributed by atoms with Crippen LogP contribution in [0, 0.1) is 6.92 Å². The van der Waals surface area contributed by atoms with Crippen molar-refractivity contribution in [1.82, 2.24) is 4.90 Å². The van der Waals surface area contributed by atoms with E-state index < -0.39 is 5.97 Å². The Hall–Kier alpha value is -1.59. The molecule has 0 saturated carbocycles. The first-order chi connectivity index (χ1) is 9.97. The van der Waals surface area contributed by atoms with E-state index in [1.54, 1.807) is 18.2 Å². The maximum atomic E-state index is 12.1. The Kier molecular flexibility index (Phi) is 5.20. The average molecular weight is 311 g/mol. The monoisotopic (exact) mass is 310 g/mol. The van der Waals surface area contributed by atoms with Gasteiger partial charge in [-0.2, -0.15) is 0 Å². The van der Waals surface area contributed by atoms with Crippen molar-refractivity contribution in [2.75, 3.05) is 18.4 Å². The zero-order valence-corrected chi connectivity index (χ0v) is 12.7. The van der Waals surface area contributed by atoms with Gasteiger partial charge in [-0.05, 0) is 44.0 Å². The Balaban J connectivity index is 1.95. The Morgan fingerprint density at radius 2 is 2.24 bits per heavy atom. The van der Waals surface area contributed by atoms with Crippen molar-refractivity contribution in [2.24, 2.45) is 0 Å². The fraction of sp³-hybridized carbons (Fsp3) is 0.467. The van der Waals surface area contributed by atoms with Gasteiger partial charge in [0.2, 0.25) is 5.91 Å². The number of likely N-dealkylation sites (tertiary alicyclic amines) is 1. The Morgan fingerprint density at radius 1 is 1.48 bits per heavy atom. The Bertz CT molecular complexity index is 548. The highest BCUT2D eigenvalue weighted by molar-refractivity contribution is 6.31. The number of amides is 1. The minimum Gasteiger partial charge on any atom is -0.481 e. The van der Waals surface area contributed by atoms with Crippen molar-refractivity contribution in [1.29, 1.82) is 0 Å². The number of anilines is 1. The molecule has 0 radical (unpaired) electrons. The fourth-order valence-electron chi connectivity index (χ4n) is 2.65. The molecule has 0 bridgehead atoms. The summed E-state index contributed by atoms with van der Waals surface area (Å²) in [5.74, 6) is -0.962. The van der Waals surface area contributed by atoms with Crippen molar-refractivity contribution < 1.29 is 14.7 Å². The first-order valence-electron chi connectivity index (χ1n) is 6.98. The molecule has 0 aliphatic carbocycles. The minimum atomic E-state index is -0.821. The zero-order chi connectivity index (χ0) is 15.4. The van der Waals surface area contributed by atoms with Crippen LogP contribution in [-0.4, -0.2) is 41.0 Å². The number of halogens is 1. The molecule has 1 aromatic rings. The molecule has 2 rings (SSSR count). The van der Waals surface area contributed by atoms with Crippen LogP contribution in [-0.2, 0) is 9.59 Å². The number of nitrogens with one attached hydrogen (secondary N) is 1. The quantitative estimate of drug-likeness (QED) is 0.877. The lowest BCUT2D eigenvalue weighted by Gasteiger charge is -2.22. The van der Waals surface area contributed by atoms with Crippen LogP contribution in [0.25, 0.3) is 0 Å². The molecule has 1 saturated heterocycles. The summed E-state index contributed by atoms with van der Waals surface area (Å²) >= 11 is 6.02. The van der Waals surface area contributed by atoms with Crippen molar-refractivity contribution in [3.63, 3.8) is 0 Å². The van der Waals surface area contributed by atoms with E-state index >= 15 is 0 Å². The van der Waals surface area contributed by atoms with Gasteiger partial charge >= 0.3 is 5.97 Å². The van der Waals surface area contributed by atoms with E-state index in [2.05, 4.69) is 5.32 Å². The molecule has 6 heteroatoms. The summed E-state index contributed by atoms with van der Waals surface area (Å²) in [4.78, 5) is 24.9. The predicted molar refractivity (Wildman–Crippen MR) is 81.7 cm³/mol. The number of benzene rings is 1. The van der Waals surface area contributed by atoms with Gasteiger partial charge in [-0.15, -0.1) is 0 Å². The Labute approximate surface area is 128 Å². The lowest BCUT2D eigenvalue weighted by molar-refractivity contribution is -0.138. The van der Waals surface area contributed by atoms with Crippen LogP contribution < -0.4 is 5.32 Å². The minimum absolute atomic E-state index is 0.0475.